The van der Waals surface area contributed by atoms with Gasteiger partial charge in [-0.1, -0.05) is 41.4 Å². The van der Waals surface area contributed by atoms with E-state index in [0.29, 0.717) is 15.4 Å². The molecule has 23 heavy (non-hydrogen) atoms. The van der Waals surface area contributed by atoms with Crippen molar-refractivity contribution < 1.29 is 4.55 Å². The molecule has 0 amide bonds. The smallest absolute Gasteiger partial charge is 0.209 e. The zero-order valence-corrected chi connectivity index (χ0v) is 14.0. The molecule has 0 aliphatic carbocycles. The highest BCUT2D eigenvalue weighted by Crippen LogP contribution is 2.37. The Morgan fingerprint density at radius 1 is 1.13 bits per heavy atom. The van der Waals surface area contributed by atoms with Gasteiger partial charge in [-0.3, -0.25) is 11.2 Å². The Labute approximate surface area is 146 Å². The van der Waals surface area contributed by atoms with Crippen molar-refractivity contribution in [3.8, 4) is 0 Å². The van der Waals surface area contributed by atoms with Crippen molar-refractivity contribution in [2.75, 3.05) is 0 Å². The van der Waals surface area contributed by atoms with Gasteiger partial charge in [0.05, 0.1) is 10.0 Å². The molecule has 0 fully saturated rings. The summed E-state index contributed by atoms with van der Waals surface area (Å²) in [4.78, 5) is 5.00. The van der Waals surface area contributed by atoms with Crippen molar-refractivity contribution >= 4 is 40.3 Å². The number of nitrogens with two attached hydrogens (primary N) is 2. The summed E-state index contributed by atoms with van der Waals surface area (Å²) < 4.78 is 12.7. The number of hydrazine groups is 1. The Hall–Kier alpha value is -1.48. The Morgan fingerprint density at radius 3 is 2.26 bits per heavy atom. The first-order valence-electron chi connectivity index (χ1n) is 6.54. The van der Waals surface area contributed by atoms with Crippen LogP contribution >= 0.6 is 23.2 Å². The van der Waals surface area contributed by atoms with E-state index in [2.05, 4.69) is 15.8 Å². The largest absolute Gasteiger partial charge is 0.606 e. The summed E-state index contributed by atoms with van der Waals surface area (Å²) in [6.07, 6.45) is 0. The molecule has 120 valence electrons. The molecular weight excluding hydrogens is 357 g/mol. The highest BCUT2D eigenvalue weighted by molar-refractivity contribution is 7.91. The molecular formula is C14H13Cl2N5OS. The molecule has 6 nitrogen and oxygen atoms in total. The van der Waals surface area contributed by atoms with Crippen molar-refractivity contribution in [3.05, 3.63) is 58.1 Å². The SMILES string of the molecule is NC1=NC(N)(c2cc(Cl)c([S+]([O-])c3ccccc3)c(Cl)c2)NN1. The van der Waals surface area contributed by atoms with Crippen LogP contribution in [0.2, 0.25) is 10.0 Å². The van der Waals surface area contributed by atoms with Crippen LogP contribution in [0.1, 0.15) is 5.56 Å². The van der Waals surface area contributed by atoms with Gasteiger partial charge in [0.1, 0.15) is 0 Å². The molecule has 0 aromatic heterocycles. The number of hydrogen-bond donors (Lipinski definition) is 4. The fourth-order valence-corrected chi connectivity index (χ4v) is 4.18. The van der Waals surface area contributed by atoms with Crippen LogP contribution in [-0.2, 0) is 17.0 Å². The van der Waals surface area contributed by atoms with Crippen LogP contribution in [0.15, 0.2) is 57.2 Å². The first-order valence-corrected chi connectivity index (χ1v) is 8.45. The molecule has 2 aromatic rings. The first-order chi connectivity index (χ1) is 10.9. The van der Waals surface area contributed by atoms with E-state index in [1.54, 1.807) is 36.4 Å². The van der Waals surface area contributed by atoms with Crippen molar-refractivity contribution in [3.63, 3.8) is 0 Å². The number of benzene rings is 2. The lowest BCUT2D eigenvalue weighted by molar-refractivity contribution is 0.375. The molecule has 0 radical (unpaired) electrons. The van der Waals surface area contributed by atoms with E-state index in [0.717, 1.165) is 0 Å². The van der Waals surface area contributed by atoms with E-state index >= 15 is 0 Å². The lowest BCUT2D eigenvalue weighted by atomic mass is 10.1. The lowest BCUT2D eigenvalue weighted by Gasteiger charge is -2.22. The maximum Gasteiger partial charge on any atom is 0.209 e. The van der Waals surface area contributed by atoms with E-state index in [9.17, 15) is 4.55 Å². The summed E-state index contributed by atoms with van der Waals surface area (Å²) in [5, 5.41) is 0.476. The number of nitrogens with one attached hydrogen (secondary N) is 2. The summed E-state index contributed by atoms with van der Waals surface area (Å²) in [5.41, 5.74) is 17.5. The number of aliphatic imine (C=N–C) groups is 1. The number of rotatable bonds is 3. The molecule has 0 bridgehead atoms. The fourth-order valence-electron chi connectivity index (χ4n) is 2.16. The summed E-state index contributed by atoms with van der Waals surface area (Å²) in [6.45, 7) is 0. The molecule has 6 N–H and O–H groups in total. The second kappa shape index (κ2) is 6.20. The van der Waals surface area contributed by atoms with Gasteiger partial charge in [-0.2, -0.15) is 5.43 Å². The zero-order valence-electron chi connectivity index (χ0n) is 11.7. The third kappa shape index (κ3) is 3.12. The highest BCUT2D eigenvalue weighted by Gasteiger charge is 2.34. The van der Waals surface area contributed by atoms with E-state index in [-0.39, 0.29) is 16.0 Å². The van der Waals surface area contributed by atoms with Crippen LogP contribution < -0.4 is 22.3 Å². The Balaban J connectivity index is 2.02. The molecule has 9 heteroatoms. The van der Waals surface area contributed by atoms with Gasteiger partial charge in [0, 0.05) is 16.7 Å². The minimum atomic E-state index is -1.50. The van der Waals surface area contributed by atoms with Gasteiger partial charge in [0.15, 0.2) is 9.79 Å². The molecule has 0 saturated carbocycles. The van der Waals surface area contributed by atoms with E-state index in [1.165, 1.54) is 0 Å². The normalized spacial score (nSPS) is 21.7. The Kier molecular flexibility index (Phi) is 4.41. The summed E-state index contributed by atoms with van der Waals surface area (Å²) >= 11 is 11.1. The molecule has 0 saturated heterocycles. The lowest BCUT2D eigenvalue weighted by Crippen LogP contribution is -2.50. The van der Waals surface area contributed by atoms with Crippen molar-refractivity contribution in [1.82, 2.24) is 10.9 Å². The maximum absolute atomic E-state index is 12.7. The first kappa shape index (κ1) is 16.4. The highest BCUT2D eigenvalue weighted by atomic mass is 35.5. The van der Waals surface area contributed by atoms with Crippen molar-refractivity contribution in [2.24, 2.45) is 16.5 Å². The van der Waals surface area contributed by atoms with Crippen LogP contribution in [0.5, 0.6) is 0 Å². The molecule has 0 spiro atoms. The Bertz CT molecular complexity index is 750. The van der Waals surface area contributed by atoms with Crippen LogP contribution in [0.3, 0.4) is 0 Å². The van der Waals surface area contributed by atoms with Crippen LogP contribution in [-0.4, -0.2) is 10.5 Å². The van der Waals surface area contributed by atoms with Crippen molar-refractivity contribution in [2.45, 2.75) is 15.6 Å². The predicted octanol–water partition coefficient (Wildman–Crippen LogP) is 1.65. The Morgan fingerprint density at radius 2 is 1.74 bits per heavy atom. The van der Waals surface area contributed by atoms with Crippen LogP contribution in [0, 0.1) is 0 Å². The van der Waals surface area contributed by atoms with Gasteiger partial charge >= 0.3 is 0 Å². The summed E-state index contributed by atoms with van der Waals surface area (Å²) in [6, 6.07) is 12.1. The minimum Gasteiger partial charge on any atom is -0.606 e. The average molecular weight is 370 g/mol. The molecule has 2 unspecified atom stereocenters. The molecule has 2 aromatic carbocycles. The second-order valence-electron chi connectivity index (χ2n) is 4.86. The van der Waals surface area contributed by atoms with E-state index in [1.807, 2.05) is 6.07 Å². The minimum absolute atomic E-state index is 0.150. The zero-order chi connectivity index (χ0) is 16.6. The average Bonchev–Trinajstić information content (AvgIpc) is 2.88. The number of hydrogen-bond acceptors (Lipinski definition) is 6. The van der Waals surface area contributed by atoms with Gasteiger partial charge in [0.25, 0.3) is 0 Å². The molecule has 1 aliphatic heterocycles. The number of halogens is 2. The maximum atomic E-state index is 12.7. The van der Waals surface area contributed by atoms with Gasteiger partial charge in [-0.15, -0.1) is 0 Å². The third-order valence-corrected chi connectivity index (χ3v) is 5.59. The standard InChI is InChI=1S/C14H13Cl2N5OS/c15-10-6-8(14(18)19-13(17)20-21-14)7-11(16)12(10)23(22)9-4-2-1-3-5-9/h1-7,21H,18H2,(H3,17,19,20). The quantitative estimate of drug-likeness (QED) is 0.614. The fraction of sp³-hybridized carbons (Fsp3) is 0.0714. The molecule has 3 rings (SSSR count). The van der Waals surface area contributed by atoms with Gasteiger partial charge in [-0.25, -0.2) is 4.99 Å². The summed E-state index contributed by atoms with van der Waals surface area (Å²) in [7, 11) is 0. The third-order valence-electron chi connectivity index (χ3n) is 3.26. The molecule has 2 atom stereocenters. The van der Waals surface area contributed by atoms with Crippen LogP contribution in [0.4, 0.5) is 0 Å². The topological polar surface area (TPSA) is 112 Å². The van der Waals surface area contributed by atoms with Gasteiger partial charge < -0.3 is 10.3 Å². The monoisotopic (exact) mass is 369 g/mol. The number of nitrogens with zero attached hydrogens (tertiary/aromatic N) is 1. The van der Waals surface area contributed by atoms with Gasteiger partial charge in [0.2, 0.25) is 11.7 Å². The molecule has 1 aliphatic rings. The molecule has 1 heterocycles. The van der Waals surface area contributed by atoms with E-state index in [4.69, 9.17) is 34.7 Å². The van der Waals surface area contributed by atoms with Crippen LogP contribution in [0.25, 0.3) is 0 Å². The van der Waals surface area contributed by atoms with E-state index < -0.39 is 17.0 Å². The summed E-state index contributed by atoms with van der Waals surface area (Å²) in [5.74, 6) is -1.14. The number of guanidine groups is 1. The predicted molar refractivity (Wildman–Crippen MR) is 91.3 cm³/mol. The second-order valence-corrected chi connectivity index (χ2v) is 7.10. The van der Waals surface area contributed by atoms with Crippen molar-refractivity contribution in [1.29, 1.82) is 0 Å². The van der Waals surface area contributed by atoms with Gasteiger partial charge in [-0.05, 0) is 24.3 Å².